The summed E-state index contributed by atoms with van der Waals surface area (Å²) in [5.41, 5.74) is 4.02. The number of aromatic nitrogens is 2. The first-order valence-corrected chi connectivity index (χ1v) is 8.69. The van der Waals surface area contributed by atoms with E-state index in [9.17, 15) is 5.11 Å². The minimum Gasteiger partial charge on any atom is -0.392 e. The number of benzene rings is 1. The van der Waals surface area contributed by atoms with Crippen LogP contribution < -0.4 is 4.57 Å². The Morgan fingerprint density at radius 2 is 1.57 bits per heavy atom. The van der Waals surface area contributed by atoms with Gasteiger partial charge in [0, 0.05) is 11.1 Å². The topological polar surface area (TPSA) is 29.0 Å². The van der Waals surface area contributed by atoms with E-state index in [0.717, 1.165) is 0 Å². The second kappa shape index (κ2) is 7.31. The molecule has 1 heterocycles. The van der Waals surface area contributed by atoms with Crippen molar-refractivity contribution in [3.63, 3.8) is 0 Å². The Hall–Kier alpha value is -1.61. The van der Waals surface area contributed by atoms with E-state index in [1.807, 2.05) is 0 Å². The lowest BCUT2D eigenvalue weighted by molar-refractivity contribution is -0.730. The molecular weight excluding hydrogens is 284 g/mol. The quantitative estimate of drug-likeness (QED) is 0.795. The van der Waals surface area contributed by atoms with Crippen molar-refractivity contribution >= 4 is 0 Å². The summed E-state index contributed by atoms with van der Waals surface area (Å²) in [6.07, 6.45) is 6.30. The zero-order chi connectivity index (χ0) is 17.1. The summed E-state index contributed by atoms with van der Waals surface area (Å²) in [4.78, 5) is 0. The Kier molecular flexibility index (Phi) is 5.64. The summed E-state index contributed by atoms with van der Waals surface area (Å²) in [5.74, 6) is 1.34. The van der Waals surface area contributed by atoms with Crippen molar-refractivity contribution in [2.24, 2.45) is 5.92 Å². The third-order valence-electron chi connectivity index (χ3n) is 4.60. The highest BCUT2D eigenvalue weighted by molar-refractivity contribution is 5.50. The van der Waals surface area contributed by atoms with E-state index in [-0.39, 0.29) is 12.6 Å². The maximum Gasteiger partial charge on any atom is 0.249 e. The molecule has 0 saturated carbocycles. The highest BCUT2D eigenvalue weighted by Crippen LogP contribution is 2.30. The van der Waals surface area contributed by atoms with Gasteiger partial charge in [0.1, 0.15) is 24.1 Å². The minimum absolute atomic E-state index is 0.116. The molecule has 0 radical (unpaired) electrons. The van der Waals surface area contributed by atoms with Gasteiger partial charge in [-0.1, -0.05) is 59.7 Å². The van der Waals surface area contributed by atoms with Gasteiger partial charge in [0.2, 0.25) is 6.33 Å². The van der Waals surface area contributed by atoms with Crippen molar-refractivity contribution in [1.29, 1.82) is 0 Å². The van der Waals surface area contributed by atoms with Gasteiger partial charge in [0.25, 0.3) is 0 Å². The van der Waals surface area contributed by atoms with Crippen LogP contribution in [0.25, 0.3) is 5.69 Å². The maximum absolute atomic E-state index is 9.69. The van der Waals surface area contributed by atoms with E-state index in [0.29, 0.717) is 17.8 Å². The van der Waals surface area contributed by atoms with Crippen molar-refractivity contribution in [2.45, 2.75) is 59.4 Å². The summed E-state index contributed by atoms with van der Waals surface area (Å²) in [7, 11) is 0. The molecule has 23 heavy (non-hydrogen) atoms. The van der Waals surface area contributed by atoms with Crippen LogP contribution in [0.2, 0.25) is 0 Å². The number of hydrogen-bond donors (Lipinski definition) is 1. The average molecular weight is 315 g/mol. The molecule has 1 N–H and O–H groups in total. The smallest absolute Gasteiger partial charge is 0.249 e. The van der Waals surface area contributed by atoms with Gasteiger partial charge in [0.15, 0.2) is 0 Å². The van der Waals surface area contributed by atoms with E-state index in [1.54, 1.807) is 0 Å². The van der Waals surface area contributed by atoms with Gasteiger partial charge >= 0.3 is 0 Å². The first-order chi connectivity index (χ1) is 10.9. The molecule has 1 aromatic heterocycles. The number of aliphatic hydroxyl groups excluding tert-OH is 1. The highest BCUT2D eigenvalue weighted by atomic mass is 16.3. The van der Waals surface area contributed by atoms with Crippen molar-refractivity contribution < 1.29 is 9.67 Å². The van der Waals surface area contributed by atoms with Crippen LogP contribution in [0.3, 0.4) is 0 Å². The first kappa shape index (κ1) is 17.7. The molecule has 0 fully saturated rings. The lowest BCUT2D eigenvalue weighted by Gasteiger charge is -2.17. The molecule has 3 heteroatoms. The summed E-state index contributed by atoms with van der Waals surface area (Å²) < 4.78 is 4.35. The lowest BCUT2D eigenvalue weighted by Crippen LogP contribution is -2.42. The molecule has 0 unspecified atom stereocenters. The fourth-order valence-corrected chi connectivity index (χ4v) is 3.16. The molecule has 0 aliphatic rings. The third-order valence-corrected chi connectivity index (χ3v) is 4.60. The first-order valence-electron chi connectivity index (χ1n) is 8.69. The zero-order valence-electron chi connectivity index (χ0n) is 15.3. The number of imidazole rings is 1. The van der Waals surface area contributed by atoms with Gasteiger partial charge in [-0.25, -0.2) is 9.13 Å². The molecule has 0 saturated heterocycles. The minimum atomic E-state index is 0.116. The van der Waals surface area contributed by atoms with Crippen molar-refractivity contribution in [3.05, 3.63) is 48.0 Å². The molecule has 2 aromatic rings. The number of aliphatic hydroxyl groups is 1. The molecule has 1 aromatic carbocycles. The predicted molar refractivity (Wildman–Crippen MR) is 95.1 cm³/mol. The molecule has 0 spiro atoms. The molecule has 0 aliphatic carbocycles. The van der Waals surface area contributed by atoms with Crippen molar-refractivity contribution in [3.8, 4) is 5.69 Å². The van der Waals surface area contributed by atoms with E-state index in [2.05, 4.69) is 87.6 Å². The summed E-state index contributed by atoms with van der Waals surface area (Å²) >= 11 is 0. The fraction of sp³-hybridized carbons (Fsp3) is 0.550. The highest BCUT2D eigenvalue weighted by Gasteiger charge is 2.23. The second-order valence-electron chi connectivity index (χ2n) is 7.36. The largest absolute Gasteiger partial charge is 0.392 e. The fourth-order valence-electron chi connectivity index (χ4n) is 3.16. The van der Waals surface area contributed by atoms with Crippen LogP contribution in [0.5, 0.6) is 0 Å². The number of nitrogens with zero attached hydrogens (tertiary/aromatic N) is 2. The number of rotatable bonds is 6. The van der Waals surface area contributed by atoms with Crippen LogP contribution in [0.4, 0.5) is 0 Å². The molecule has 0 amide bonds. The molecule has 2 rings (SSSR count). The lowest BCUT2D eigenvalue weighted by atomic mass is 9.92. The predicted octanol–water partition coefficient (Wildman–Crippen LogP) is 4.20. The van der Waals surface area contributed by atoms with E-state index < -0.39 is 0 Å². The molecule has 0 bridgehead atoms. The van der Waals surface area contributed by atoms with Crippen LogP contribution in [0, 0.1) is 5.92 Å². The normalized spacial score (nSPS) is 13.3. The Morgan fingerprint density at radius 3 is 2.00 bits per heavy atom. The second-order valence-corrected chi connectivity index (χ2v) is 7.36. The van der Waals surface area contributed by atoms with Gasteiger partial charge in [-0.3, -0.25) is 0 Å². The van der Waals surface area contributed by atoms with Gasteiger partial charge in [0.05, 0.1) is 6.61 Å². The Balaban J connectivity index is 2.56. The third kappa shape index (κ3) is 3.66. The van der Waals surface area contributed by atoms with Crippen molar-refractivity contribution in [2.75, 3.05) is 6.61 Å². The maximum atomic E-state index is 9.69. The van der Waals surface area contributed by atoms with E-state index in [4.69, 9.17) is 0 Å². The average Bonchev–Trinajstić information content (AvgIpc) is 2.95. The SMILES string of the molecule is CC(C)c1cccc(C(C)C)c1-n1cc[n+]([C@H](CO)C(C)C)c1. The Bertz CT molecular complexity index is 615. The van der Waals surface area contributed by atoms with Gasteiger partial charge in [-0.2, -0.15) is 0 Å². The van der Waals surface area contributed by atoms with Crippen molar-refractivity contribution in [1.82, 2.24) is 4.57 Å². The van der Waals surface area contributed by atoms with E-state index >= 15 is 0 Å². The molecular formula is C20H31N2O+. The van der Waals surface area contributed by atoms with Crippen LogP contribution in [0.15, 0.2) is 36.9 Å². The molecule has 1 atom stereocenters. The van der Waals surface area contributed by atoms with Gasteiger partial charge in [-0.15, -0.1) is 0 Å². The monoisotopic (exact) mass is 315 g/mol. The van der Waals surface area contributed by atoms with Crippen LogP contribution >= 0.6 is 0 Å². The molecule has 126 valence electrons. The number of hydrogen-bond acceptors (Lipinski definition) is 1. The standard InChI is InChI=1S/C20H31N2O/c1-14(2)17-8-7-9-18(15(3)4)20(17)22-11-10-21(13-22)19(12-23)16(5)6/h7-11,13-16,19,23H,12H2,1-6H3/q+1/t19-/m1/s1. The van der Waals surface area contributed by atoms with Gasteiger partial charge < -0.3 is 5.11 Å². The van der Waals surface area contributed by atoms with E-state index in [1.165, 1.54) is 16.8 Å². The van der Waals surface area contributed by atoms with Crippen LogP contribution in [-0.2, 0) is 0 Å². The van der Waals surface area contributed by atoms with Gasteiger partial charge in [-0.05, 0) is 17.8 Å². The summed E-state index contributed by atoms with van der Waals surface area (Å²) in [6, 6.07) is 6.73. The molecule has 0 aliphatic heterocycles. The Morgan fingerprint density at radius 1 is 1.00 bits per heavy atom. The van der Waals surface area contributed by atoms with Crippen LogP contribution in [0.1, 0.15) is 70.5 Å². The van der Waals surface area contributed by atoms with Crippen LogP contribution in [-0.4, -0.2) is 16.3 Å². The Labute approximate surface area is 140 Å². The zero-order valence-corrected chi connectivity index (χ0v) is 15.3. The summed E-state index contributed by atoms with van der Waals surface area (Å²) in [6.45, 7) is 13.4. The molecule has 3 nitrogen and oxygen atoms in total. The summed E-state index contributed by atoms with van der Waals surface area (Å²) in [5, 5.41) is 9.69. The number of para-hydroxylation sites is 1.